The summed E-state index contributed by atoms with van der Waals surface area (Å²) in [6.07, 6.45) is 0.108. The summed E-state index contributed by atoms with van der Waals surface area (Å²) in [6.45, 7) is 4.11. The fourth-order valence-corrected chi connectivity index (χ4v) is 0.992. The fourth-order valence-electron chi connectivity index (χ4n) is 0.992. The first-order valence-corrected chi connectivity index (χ1v) is 4.68. The molecule has 1 unspecified atom stereocenters. The molecule has 0 aliphatic rings. The maximum absolute atomic E-state index is 11.2. The van der Waals surface area contributed by atoms with Crippen LogP contribution >= 0.6 is 0 Å². The zero-order valence-electron chi connectivity index (χ0n) is 8.78. The predicted molar refractivity (Wildman–Crippen MR) is 51.7 cm³/mol. The third-order valence-electron chi connectivity index (χ3n) is 1.80. The summed E-state index contributed by atoms with van der Waals surface area (Å²) in [6, 6.07) is 0. The van der Waals surface area contributed by atoms with E-state index in [4.69, 9.17) is 20.3 Å². The van der Waals surface area contributed by atoms with Crippen molar-refractivity contribution in [1.82, 2.24) is 0 Å². The highest BCUT2D eigenvalue weighted by Crippen LogP contribution is 2.14. The molecule has 3 N–H and O–H groups in total. The van der Waals surface area contributed by atoms with E-state index in [-0.39, 0.29) is 32.1 Å². The SMILES string of the molecule is CCOC(=O)CC(C)(CN)OCCO. The lowest BCUT2D eigenvalue weighted by molar-refractivity contribution is -0.150. The smallest absolute Gasteiger partial charge is 0.308 e. The molecule has 0 heterocycles. The van der Waals surface area contributed by atoms with Crippen LogP contribution in [0.25, 0.3) is 0 Å². The van der Waals surface area contributed by atoms with Gasteiger partial charge in [-0.3, -0.25) is 4.79 Å². The van der Waals surface area contributed by atoms with Gasteiger partial charge >= 0.3 is 5.97 Å². The van der Waals surface area contributed by atoms with E-state index in [0.717, 1.165) is 0 Å². The minimum Gasteiger partial charge on any atom is -0.466 e. The summed E-state index contributed by atoms with van der Waals surface area (Å²) < 4.78 is 10.1. The predicted octanol–water partition coefficient (Wildman–Crippen LogP) is -0.334. The summed E-state index contributed by atoms with van der Waals surface area (Å²) in [7, 11) is 0. The lowest BCUT2D eigenvalue weighted by Crippen LogP contribution is -2.40. The van der Waals surface area contributed by atoms with Gasteiger partial charge in [0.1, 0.15) is 0 Å². The summed E-state index contributed by atoms with van der Waals surface area (Å²) >= 11 is 0. The molecule has 14 heavy (non-hydrogen) atoms. The van der Waals surface area contributed by atoms with Crippen LogP contribution in [-0.4, -0.2) is 43.0 Å². The van der Waals surface area contributed by atoms with E-state index in [1.54, 1.807) is 13.8 Å². The molecule has 0 aromatic carbocycles. The van der Waals surface area contributed by atoms with Crippen LogP contribution in [0.1, 0.15) is 20.3 Å². The van der Waals surface area contributed by atoms with Gasteiger partial charge in [-0.2, -0.15) is 0 Å². The first-order valence-electron chi connectivity index (χ1n) is 4.68. The number of carbonyl (C=O) groups is 1. The molecule has 84 valence electrons. The van der Waals surface area contributed by atoms with Crippen LogP contribution < -0.4 is 5.73 Å². The number of ether oxygens (including phenoxy) is 2. The molecule has 0 aliphatic heterocycles. The van der Waals surface area contributed by atoms with Crippen molar-refractivity contribution in [3.8, 4) is 0 Å². The van der Waals surface area contributed by atoms with Crippen molar-refractivity contribution in [3.63, 3.8) is 0 Å². The lowest BCUT2D eigenvalue weighted by atomic mass is 10.0. The van der Waals surface area contributed by atoms with Crippen LogP contribution in [0.2, 0.25) is 0 Å². The van der Waals surface area contributed by atoms with Gasteiger partial charge in [-0.05, 0) is 13.8 Å². The van der Waals surface area contributed by atoms with E-state index in [0.29, 0.717) is 6.61 Å². The summed E-state index contributed by atoms with van der Waals surface area (Å²) in [5.41, 5.74) is 4.74. The lowest BCUT2D eigenvalue weighted by Gasteiger charge is -2.26. The van der Waals surface area contributed by atoms with Crippen molar-refractivity contribution in [2.45, 2.75) is 25.9 Å². The van der Waals surface area contributed by atoms with Crippen molar-refractivity contribution in [2.24, 2.45) is 5.73 Å². The second kappa shape index (κ2) is 6.75. The number of esters is 1. The molecule has 1 atom stereocenters. The molecule has 0 saturated carbocycles. The Morgan fingerprint density at radius 3 is 2.64 bits per heavy atom. The molecule has 0 saturated heterocycles. The Morgan fingerprint density at radius 2 is 2.21 bits per heavy atom. The van der Waals surface area contributed by atoms with Crippen molar-refractivity contribution in [3.05, 3.63) is 0 Å². The molecule has 5 nitrogen and oxygen atoms in total. The number of rotatable bonds is 7. The molecule has 0 amide bonds. The van der Waals surface area contributed by atoms with Crippen LogP contribution in [0.4, 0.5) is 0 Å². The Morgan fingerprint density at radius 1 is 1.57 bits per heavy atom. The molecule has 0 fully saturated rings. The molecule has 0 radical (unpaired) electrons. The average Bonchev–Trinajstić information content (AvgIpc) is 2.15. The average molecular weight is 205 g/mol. The number of hydrogen-bond acceptors (Lipinski definition) is 5. The number of aliphatic hydroxyl groups is 1. The topological polar surface area (TPSA) is 81.8 Å². The Hall–Kier alpha value is -0.650. The van der Waals surface area contributed by atoms with E-state index in [9.17, 15) is 4.79 Å². The summed E-state index contributed by atoms with van der Waals surface area (Å²) in [4.78, 5) is 11.2. The second-order valence-corrected chi connectivity index (χ2v) is 3.21. The van der Waals surface area contributed by atoms with Gasteiger partial charge in [-0.15, -0.1) is 0 Å². The molecule has 5 heteroatoms. The fraction of sp³-hybridized carbons (Fsp3) is 0.889. The number of aliphatic hydroxyl groups excluding tert-OH is 1. The van der Waals surface area contributed by atoms with Crippen LogP contribution in [0.3, 0.4) is 0 Å². The van der Waals surface area contributed by atoms with Crippen LogP contribution in [-0.2, 0) is 14.3 Å². The monoisotopic (exact) mass is 205 g/mol. The maximum Gasteiger partial charge on any atom is 0.308 e. The van der Waals surface area contributed by atoms with Gasteiger partial charge in [-0.1, -0.05) is 0 Å². The number of carbonyl (C=O) groups excluding carboxylic acids is 1. The number of nitrogens with two attached hydrogens (primary N) is 1. The Labute approximate surface area is 84.2 Å². The molecule has 0 spiro atoms. The Bertz CT molecular complexity index is 174. The number of hydrogen-bond donors (Lipinski definition) is 2. The largest absolute Gasteiger partial charge is 0.466 e. The highest BCUT2D eigenvalue weighted by molar-refractivity contribution is 5.70. The molecular weight excluding hydrogens is 186 g/mol. The molecule has 0 rings (SSSR count). The van der Waals surface area contributed by atoms with Crippen molar-refractivity contribution in [2.75, 3.05) is 26.4 Å². The van der Waals surface area contributed by atoms with Gasteiger partial charge in [0.25, 0.3) is 0 Å². The molecule has 0 aromatic heterocycles. The normalized spacial score (nSPS) is 14.9. The Kier molecular flexibility index (Phi) is 6.44. The van der Waals surface area contributed by atoms with E-state index in [1.807, 2.05) is 0 Å². The van der Waals surface area contributed by atoms with E-state index in [2.05, 4.69) is 0 Å². The highest BCUT2D eigenvalue weighted by atomic mass is 16.5. The van der Waals surface area contributed by atoms with Crippen molar-refractivity contribution >= 4 is 5.97 Å². The van der Waals surface area contributed by atoms with Gasteiger partial charge < -0.3 is 20.3 Å². The molecule has 0 aliphatic carbocycles. The first kappa shape index (κ1) is 13.4. The minimum atomic E-state index is -0.741. The second-order valence-electron chi connectivity index (χ2n) is 3.21. The van der Waals surface area contributed by atoms with Gasteiger partial charge in [0, 0.05) is 6.54 Å². The van der Waals surface area contributed by atoms with E-state index >= 15 is 0 Å². The van der Waals surface area contributed by atoms with Gasteiger partial charge in [-0.25, -0.2) is 0 Å². The maximum atomic E-state index is 11.2. The third-order valence-corrected chi connectivity index (χ3v) is 1.80. The van der Waals surface area contributed by atoms with Gasteiger partial charge in [0.15, 0.2) is 0 Å². The van der Waals surface area contributed by atoms with Gasteiger partial charge in [0.05, 0.1) is 31.8 Å². The molecular formula is C9H19NO4. The van der Waals surface area contributed by atoms with Crippen molar-refractivity contribution < 1.29 is 19.4 Å². The Balaban J connectivity index is 4.03. The van der Waals surface area contributed by atoms with Gasteiger partial charge in [0.2, 0.25) is 0 Å². The van der Waals surface area contributed by atoms with Crippen LogP contribution in [0.15, 0.2) is 0 Å². The summed E-state index contributed by atoms with van der Waals surface area (Å²) in [5, 5.41) is 8.58. The standard InChI is InChI=1S/C9H19NO4/c1-3-13-8(12)6-9(2,7-10)14-5-4-11/h11H,3-7,10H2,1-2H3. The summed E-state index contributed by atoms with van der Waals surface area (Å²) in [5.74, 6) is -0.335. The van der Waals surface area contributed by atoms with E-state index in [1.165, 1.54) is 0 Å². The zero-order valence-corrected chi connectivity index (χ0v) is 8.78. The zero-order chi connectivity index (χ0) is 11.0. The van der Waals surface area contributed by atoms with Crippen molar-refractivity contribution in [1.29, 1.82) is 0 Å². The third kappa shape index (κ3) is 5.16. The highest BCUT2D eigenvalue weighted by Gasteiger charge is 2.27. The minimum absolute atomic E-state index is 0.0849. The van der Waals surface area contributed by atoms with Crippen LogP contribution in [0, 0.1) is 0 Å². The quantitative estimate of drug-likeness (QED) is 0.556. The first-order chi connectivity index (χ1) is 6.58. The molecule has 0 bridgehead atoms. The molecule has 0 aromatic rings. The van der Waals surface area contributed by atoms with Crippen LogP contribution in [0.5, 0.6) is 0 Å². The van der Waals surface area contributed by atoms with E-state index < -0.39 is 5.60 Å².